The first-order valence-corrected chi connectivity index (χ1v) is 4.57. The lowest BCUT2D eigenvalue weighted by molar-refractivity contribution is -0.147. The Morgan fingerprint density at radius 1 is 1.42 bits per heavy atom. The molecule has 0 amide bonds. The van der Waals surface area contributed by atoms with Crippen molar-refractivity contribution in [1.29, 1.82) is 0 Å². The first-order valence-electron chi connectivity index (χ1n) is 4.57. The predicted octanol–water partition coefficient (Wildman–Crippen LogP) is 0.533. The molecule has 68 valence electrons. The second-order valence-corrected chi connectivity index (χ2v) is 3.96. The number of methoxy groups -OCH3 is 1. The average molecular weight is 169 g/mol. The molecule has 0 radical (unpaired) electrons. The fraction of sp³-hybridized carbons (Fsp3) is 0.889. The summed E-state index contributed by atoms with van der Waals surface area (Å²) in [6.45, 7) is 0. The van der Waals surface area contributed by atoms with E-state index in [2.05, 4.69) is 0 Å². The van der Waals surface area contributed by atoms with E-state index in [4.69, 9.17) is 10.5 Å². The maximum Gasteiger partial charge on any atom is 0.310 e. The molecule has 2 N–H and O–H groups in total. The van der Waals surface area contributed by atoms with Crippen molar-refractivity contribution in [3.63, 3.8) is 0 Å². The molecule has 0 saturated heterocycles. The summed E-state index contributed by atoms with van der Waals surface area (Å²) in [5, 5.41) is 0. The van der Waals surface area contributed by atoms with Crippen LogP contribution in [0.1, 0.15) is 19.3 Å². The lowest BCUT2D eigenvalue weighted by Crippen LogP contribution is -2.40. The minimum atomic E-state index is -0.102. The van der Waals surface area contributed by atoms with E-state index in [-0.39, 0.29) is 17.9 Å². The highest BCUT2D eigenvalue weighted by molar-refractivity contribution is 5.74. The molecule has 2 saturated carbocycles. The Balaban J connectivity index is 2.12. The Morgan fingerprint density at radius 3 is 2.58 bits per heavy atom. The van der Waals surface area contributed by atoms with Crippen LogP contribution in [0.2, 0.25) is 0 Å². The molecule has 4 atom stereocenters. The Bertz CT molecular complexity index is 203. The molecular weight excluding hydrogens is 154 g/mol. The lowest BCUT2D eigenvalue weighted by Gasteiger charge is -2.25. The topological polar surface area (TPSA) is 52.3 Å². The van der Waals surface area contributed by atoms with E-state index < -0.39 is 0 Å². The molecule has 2 aliphatic carbocycles. The van der Waals surface area contributed by atoms with Crippen LogP contribution in [0.4, 0.5) is 0 Å². The van der Waals surface area contributed by atoms with Crippen molar-refractivity contribution >= 4 is 5.97 Å². The number of hydrogen-bond donors (Lipinski definition) is 1. The fourth-order valence-corrected chi connectivity index (χ4v) is 2.82. The number of fused-ring (bicyclic) bond motifs is 2. The summed E-state index contributed by atoms with van der Waals surface area (Å²) in [5.74, 6) is 0.986. The van der Waals surface area contributed by atoms with Gasteiger partial charge in [-0.1, -0.05) is 0 Å². The highest BCUT2D eigenvalue weighted by Crippen LogP contribution is 2.47. The van der Waals surface area contributed by atoms with Gasteiger partial charge in [0.1, 0.15) is 0 Å². The summed E-state index contributed by atoms with van der Waals surface area (Å²) in [7, 11) is 1.45. The molecule has 2 bridgehead atoms. The SMILES string of the molecule is COC(=O)[C@H]1[C@H]2CC[C@H](C2)[C@H]1N. The Kier molecular flexibility index (Phi) is 1.83. The lowest BCUT2D eigenvalue weighted by atomic mass is 9.85. The van der Waals surface area contributed by atoms with Crippen LogP contribution < -0.4 is 5.73 Å². The molecule has 0 aromatic heterocycles. The first-order chi connectivity index (χ1) is 5.74. The molecule has 0 unspecified atom stereocenters. The molecule has 0 aromatic rings. The van der Waals surface area contributed by atoms with Gasteiger partial charge in [0, 0.05) is 6.04 Å². The molecule has 2 rings (SSSR count). The summed E-state index contributed by atoms with van der Waals surface area (Å²) in [4.78, 5) is 11.3. The zero-order chi connectivity index (χ0) is 8.72. The average Bonchev–Trinajstić information content (AvgIpc) is 2.63. The van der Waals surface area contributed by atoms with E-state index in [9.17, 15) is 4.79 Å². The molecular formula is C9H15NO2. The van der Waals surface area contributed by atoms with Gasteiger partial charge in [-0.25, -0.2) is 0 Å². The molecule has 0 aliphatic heterocycles. The molecule has 0 heterocycles. The van der Waals surface area contributed by atoms with Crippen LogP contribution in [0.15, 0.2) is 0 Å². The van der Waals surface area contributed by atoms with Gasteiger partial charge in [0.25, 0.3) is 0 Å². The molecule has 2 fully saturated rings. The predicted molar refractivity (Wildman–Crippen MR) is 44.3 cm³/mol. The van der Waals surface area contributed by atoms with Gasteiger partial charge in [-0.3, -0.25) is 4.79 Å². The zero-order valence-electron chi connectivity index (χ0n) is 7.32. The minimum Gasteiger partial charge on any atom is -0.469 e. The van der Waals surface area contributed by atoms with Gasteiger partial charge in [-0.15, -0.1) is 0 Å². The molecule has 12 heavy (non-hydrogen) atoms. The van der Waals surface area contributed by atoms with Gasteiger partial charge >= 0.3 is 5.97 Å². The van der Waals surface area contributed by atoms with Crippen LogP contribution in [0.25, 0.3) is 0 Å². The zero-order valence-corrected chi connectivity index (χ0v) is 7.32. The molecule has 3 heteroatoms. The third-order valence-corrected chi connectivity index (χ3v) is 3.45. The van der Waals surface area contributed by atoms with Gasteiger partial charge < -0.3 is 10.5 Å². The summed E-state index contributed by atoms with van der Waals surface area (Å²) >= 11 is 0. The standard InChI is InChI=1S/C9H15NO2/c1-12-9(11)7-5-2-3-6(4-5)8(7)10/h5-8H,2-4,10H2,1H3/t5-,6+,7-,8+/m0/s1. The fourth-order valence-electron chi connectivity index (χ4n) is 2.82. The number of rotatable bonds is 1. The van der Waals surface area contributed by atoms with Crippen molar-refractivity contribution in [2.45, 2.75) is 25.3 Å². The normalized spacial score (nSPS) is 44.8. The minimum absolute atomic E-state index is 0.00579. The Morgan fingerprint density at radius 2 is 2.08 bits per heavy atom. The van der Waals surface area contributed by atoms with Crippen LogP contribution >= 0.6 is 0 Å². The Labute approximate surface area is 72.3 Å². The van der Waals surface area contributed by atoms with Crippen molar-refractivity contribution in [2.24, 2.45) is 23.5 Å². The van der Waals surface area contributed by atoms with Crippen LogP contribution in [0.5, 0.6) is 0 Å². The van der Waals surface area contributed by atoms with Crippen molar-refractivity contribution < 1.29 is 9.53 Å². The third-order valence-electron chi connectivity index (χ3n) is 3.45. The van der Waals surface area contributed by atoms with Crippen molar-refractivity contribution in [3.05, 3.63) is 0 Å². The quantitative estimate of drug-likeness (QED) is 0.583. The smallest absolute Gasteiger partial charge is 0.310 e. The van der Waals surface area contributed by atoms with E-state index in [1.165, 1.54) is 13.5 Å². The van der Waals surface area contributed by atoms with Crippen LogP contribution in [-0.4, -0.2) is 19.1 Å². The molecule has 3 nitrogen and oxygen atoms in total. The molecule has 0 spiro atoms. The Hall–Kier alpha value is -0.570. The number of nitrogens with two attached hydrogens (primary N) is 1. The van der Waals surface area contributed by atoms with Gasteiger partial charge in [0.05, 0.1) is 13.0 Å². The van der Waals surface area contributed by atoms with E-state index in [1.807, 2.05) is 0 Å². The third kappa shape index (κ3) is 0.959. The second-order valence-electron chi connectivity index (χ2n) is 3.96. The van der Waals surface area contributed by atoms with Crippen LogP contribution in [-0.2, 0) is 9.53 Å². The summed E-state index contributed by atoms with van der Waals surface area (Å²) < 4.78 is 4.74. The maximum atomic E-state index is 11.3. The highest BCUT2D eigenvalue weighted by atomic mass is 16.5. The van der Waals surface area contributed by atoms with Crippen molar-refractivity contribution in [2.75, 3.05) is 7.11 Å². The number of carbonyl (C=O) groups is 1. The summed E-state index contributed by atoms with van der Waals surface area (Å²) in [6, 6.07) is 0.0659. The van der Waals surface area contributed by atoms with Gasteiger partial charge in [-0.05, 0) is 31.1 Å². The first kappa shape index (κ1) is 8.05. The molecule has 0 aromatic carbocycles. The number of carbonyl (C=O) groups excluding carboxylic acids is 1. The second kappa shape index (κ2) is 2.73. The van der Waals surface area contributed by atoms with E-state index in [0.717, 1.165) is 12.8 Å². The van der Waals surface area contributed by atoms with Gasteiger partial charge in [0.15, 0.2) is 0 Å². The number of esters is 1. The summed E-state index contributed by atoms with van der Waals surface area (Å²) in [6.07, 6.45) is 3.51. The van der Waals surface area contributed by atoms with E-state index in [1.54, 1.807) is 0 Å². The van der Waals surface area contributed by atoms with E-state index >= 15 is 0 Å². The highest BCUT2D eigenvalue weighted by Gasteiger charge is 2.49. The summed E-state index contributed by atoms with van der Waals surface area (Å²) in [5.41, 5.74) is 5.94. The van der Waals surface area contributed by atoms with Crippen LogP contribution in [0.3, 0.4) is 0 Å². The van der Waals surface area contributed by atoms with Gasteiger partial charge in [-0.2, -0.15) is 0 Å². The maximum absolute atomic E-state index is 11.3. The molecule has 2 aliphatic rings. The monoisotopic (exact) mass is 169 g/mol. The van der Waals surface area contributed by atoms with Crippen LogP contribution in [0, 0.1) is 17.8 Å². The largest absolute Gasteiger partial charge is 0.469 e. The van der Waals surface area contributed by atoms with Gasteiger partial charge in [0.2, 0.25) is 0 Å². The van der Waals surface area contributed by atoms with Crippen molar-refractivity contribution in [3.8, 4) is 0 Å². The number of ether oxygens (including phenoxy) is 1. The van der Waals surface area contributed by atoms with E-state index in [0.29, 0.717) is 11.8 Å². The number of hydrogen-bond acceptors (Lipinski definition) is 3. The van der Waals surface area contributed by atoms with Crippen molar-refractivity contribution in [1.82, 2.24) is 0 Å².